The summed E-state index contributed by atoms with van der Waals surface area (Å²) < 4.78 is 7.69. The zero-order chi connectivity index (χ0) is 20.6. The monoisotopic (exact) mass is 386 g/mol. The first-order valence-electron chi connectivity index (χ1n) is 9.38. The summed E-state index contributed by atoms with van der Waals surface area (Å²) in [6.45, 7) is 9.73. The zero-order valence-electron chi connectivity index (χ0n) is 16.8. The van der Waals surface area contributed by atoms with Crippen LogP contribution in [0, 0.1) is 13.8 Å². The van der Waals surface area contributed by atoms with Gasteiger partial charge in [-0.3, -0.25) is 4.79 Å². The average Bonchev–Trinajstić information content (AvgIpc) is 3.01. The third kappa shape index (κ3) is 3.72. The van der Waals surface area contributed by atoms with E-state index in [-0.39, 0.29) is 19.0 Å². The molecule has 2 heterocycles. The van der Waals surface area contributed by atoms with Gasteiger partial charge in [0.25, 0.3) is 5.91 Å². The van der Waals surface area contributed by atoms with E-state index in [0.29, 0.717) is 23.3 Å². The van der Waals surface area contributed by atoms with Crippen molar-refractivity contribution >= 4 is 11.9 Å². The number of ether oxygens (including phenoxy) is 1. The highest BCUT2D eigenvalue weighted by molar-refractivity contribution is 5.86. The standard InChI is InChI=1S/C20H26N4O4/c1-11(2)15-7-6-12(3)17(8-15)28-13(4)19(25)24-10-18-22-21-14(5)23(18)9-16(24)20(26)27/h6-8,11,13,16H,9-10H2,1-5H3,(H,26,27). The molecule has 0 aliphatic carbocycles. The molecule has 28 heavy (non-hydrogen) atoms. The zero-order valence-corrected chi connectivity index (χ0v) is 16.8. The van der Waals surface area contributed by atoms with Crippen molar-refractivity contribution in [3.05, 3.63) is 41.0 Å². The van der Waals surface area contributed by atoms with Crippen LogP contribution >= 0.6 is 0 Å². The second kappa shape index (κ2) is 7.61. The number of carboxylic acid groups (broad SMARTS) is 1. The SMILES string of the molecule is Cc1ccc(C(C)C)cc1OC(C)C(=O)N1Cc2nnc(C)n2CC1C(=O)O. The summed E-state index contributed by atoms with van der Waals surface area (Å²) in [5, 5.41) is 17.7. The minimum absolute atomic E-state index is 0.0926. The molecule has 1 amide bonds. The van der Waals surface area contributed by atoms with Crippen LogP contribution in [-0.2, 0) is 22.7 Å². The molecule has 1 aromatic heterocycles. The Morgan fingerprint density at radius 3 is 2.57 bits per heavy atom. The van der Waals surface area contributed by atoms with E-state index in [1.165, 1.54) is 4.90 Å². The number of fused-ring (bicyclic) bond motifs is 1. The van der Waals surface area contributed by atoms with Gasteiger partial charge in [-0.15, -0.1) is 10.2 Å². The maximum atomic E-state index is 13.0. The fraction of sp³-hybridized carbons (Fsp3) is 0.500. The molecule has 0 saturated heterocycles. The number of rotatable bonds is 5. The van der Waals surface area contributed by atoms with E-state index in [4.69, 9.17) is 4.74 Å². The van der Waals surface area contributed by atoms with Crippen LogP contribution in [-0.4, -0.2) is 48.8 Å². The molecule has 0 saturated carbocycles. The maximum Gasteiger partial charge on any atom is 0.328 e. The van der Waals surface area contributed by atoms with Crippen LogP contribution in [0.15, 0.2) is 18.2 Å². The van der Waals surface area contributed by atoms with Gasteiger partial charge in [0, 0.05) is 0 Å². The Morgan fingerprint density at radius 1 is 1.21 bits per heavy atom. The largest absolute Gasteiger partial charge is 0.481 e. The van der Waals surface area contributed by atoms with E-state index in [1.807, 2.05) is 25.1 Å². The van der Waals surface area contributed by atoms with Crippen molar-refractivity contribution in [2.45, 2.75) is 65.8 Å². The van der Waals surface area contributed by atoms with Gasteiger partial charge < -0.3 is 19.3 Å². The summed E-state index contributed by atoms with van der Waals surface area (Å²) in [4.78, 5) is 26.1. The molecule has 2 aromatic rings. The van der Waals surface area contributed by atoms with E-state index < -0.39 is 18.1 Å². The Hall–Kier alpha value is -2.90. The number of carboxylic acids is 1. The number of nitrogens with zero attached hydrogens (tertiary/aromatic N) is 4. The smallest absolute Gasteiger partial charge is 0.328 e. The van der Waals surface area contributed by atoms with Gasteiger partial charge in [-0.1, -0.05) is 26.0 Å². The highest BCUT2D eigenvalue weighted by Gasteiger charge is 2.38. The van der Waals surface area contributed by atoms with Crippen LogP contribution < -0.4 is 4.74 Å². The molecule has 0 spiro atoms. The van der Waals surface area contributed by atoms with Gasteiger partial charge in [0.2, 0.25) is 0 Å². The van der Waals surface area contributed by atoms with E-state index in [2.05, 4.69) is 24.0 Å². The lowest BCUT2D eigenvalue weighted by Crippen LogP contribution is -2.54. The number of carbonyl (C=O) groups excluding carboxylic acids is 1. The summed E-state index contributed by atoms with van der Waals surface area (Å²) in [7, 11) is 0. The number of aliphatic carboxylic acids is 1. The molecule has 3 rings (SSSR count). The third-order valence-corrected chi connectivity index (χ3v) is 5.15. The minimum atomic E-state index is -1.06. The van der Waals surface area contributed by atoms with Gasteiger partial charge >= 0.3 is 5.97 Å². The van der Waals surface area contributed by atoms with Crippen LogP contribution in [0.4, 0.5) is 0 Å². The van der Waals surface area contributed by atoms with E-state index in [9.17, 15) is 14.7 Å². The molecule has 2 atom stereocenters. The molecular formula is C20H26N4O4. The van der Waals surface area contributed by atoms with Crippen LogP contribution in [0.2, 0.25) is 0 Å². The highest BCUT2D eigenvalue weighted by Crippen LogP contribution is 2.26. The van der Waals surface area contributed by atoms with Crippen LogP contribution in [0.1, 0.15) is 49.5 Å². The number of amides is 1. The van der Waals surface area contributed by atoms with Gasteiger partial charge in [-0.25, -0.2) is 4.79 Å². The molecule has 1 N–H and O–H groups in total. The lowest BCUT2D eigenvalue weighted by Gasteiger charge is -2.35. The Kier molecular flexibility index (Phi) is 5.40. The van der Waals surface area contributed by atoms with Gasteiger partial charge in [-0.2, -0.15) is 0 Å². The first-order valence-corrected chi connectivity index (χ1v) is 9.38. The minimum Gasteiger partial charge on any atom is -0.481 e. The van der Waals surface area contributed by atoms with Crippen molar-refractivity contribution in [2.24, 2.45) is 0 Å². The lowest BCUT2D eigenvalue weighted by molar-refractivity contribution is -0.155. The van der Waals surface area contributed by atoms with Gasteiger partial charge in [0.05, 0.1) is 13.1 Å². The van der Waals surface area contributed by atoms with Crippen molar-refractivity contribution in [2.75, 3.05) is 0 Å². The molecule has 0 fully saturated rings. The first-order chi connectivity index (χ1) is 13.2. The number of hydrogen-bond donors (Lipinski definition) is 1. The Bertz CT molecular complexity index is 906. The third-order valence-electron chi connectivity index (χ3n) is 5.15. The van der Waals surface area contributed by atoms with Crippen molar-refractivity contribution in [1.82, 2.24) is 19.7 Å². The van der Waals surface area contributed by atoms with Crippen molar-refractivity contribution in [3.8, 4) is 5.75 Å². The Labute approximate surface area is 164 Å². The molecule has 1 aliphatic heterocycles. The molecule has 8 nitrogen and oxygen atoms in total. The molecule has 2 unspecified atom stereocenters. The summed E-state index contributed by atoms with van der Waals surface area (Å²) in [5.41, 5.74) is 2.04. The number of aromatic nitrogens is 3. The molecular weight excluding hydrogens is 360 g/mol. The average molecular weight is 386 g/mol. The second-order valence-electron chi connectivity index (χ2n) is 7.53. The second-order valence-corrected chi connectivity index (χ2v) is 7.53. The maximum absolute atomic E-state index is 13.0. The van der Waals surface area contributed by atoms with E-state index in [0.717, 1.165) is 11.1 Å². The van der Waals surface area contributed by atoms with Crippen LogP contribution in [0.25, 0.3) is 0 Å². The summed E-state index contributed by atoms with van der Waals surface area (Å²) in [5.74, 6) is 0.746. The predicted molar refractivity (Wildman–Crippen MR) is 102 cm³/mol. The van der Waals surface area contributed by atoms with Crippen molar-refractivity contribution < 1.29 is 19.4 Å². The highest BCUT2D eigenvalue weighted by atomic mass is 16.5. The van der Waals surface area contributed by atoms with Gasteiger partial charge in [0.1, 0.15) is 17.6 Å². The number of hydrogen-bond acceptors (Lipinski definition) is 5. The normalized spacial score (nSPS) is 17.4. The lowest BCUT2D eigenvalue weighted by atomic mass is 10.0. The number of carbonyl (C=O) groups is 2. The molecule has 0 bridgehead atoms. The molecule has 0 radical (unpaired) electrons. The summed E-state index contributed by atoms with van der Waals surface area (Å²) in [6.07, 6.45) is -0.821. The fourth-order valence-electron chi connectivity index (χ4n) is 3.33. The predicted octanol–water partition coefficient (Wildman–Crippen LogP) is 2.28. The fourth-order valence-corrected chi connectivity index (χ4v) is 3.33. The van der Waals surface area contributed by atoms with Crippen molar-refractivity contribution in [3.63, 3.8) is 0 Å². The Morgan fingerprint density at radius 2 is 1.93 bits per heavy atom. The van der Waals surface area contributed by atoms with Crippen LogP contribution in [0.3, 0.4) is 0 Å². The summed E-state index contributed by atoms with van der Waals surface area (Å²) >= 11 is 0. The van der Waals surface area contributed by atoms with E-state index in [1.54, 1.807) is 18.4 Å². The quantitative estimate of drug-likeness (QED) is 0.847. The number of benzene rings is 1. The topological polar surface area (TPSA) is 97.5 Å². The summed E-state index contributed by atoms with van der Waals surface area (Å²) in [6, 6.07) is 4.96. The van der Waals surface area contributed by atoms with Gasteiger partial charge in [-0.05, 0) is 43.9 Å². The molecule has 1 aromatic carbocycles. The van der Waals surface area contributed by atoms with E-state index >= 15 is 0 Å². The molecule has 8 heteroatoms. The molecule has 150 valence electrons. The molecule has 1 aliphatic rings. The Balaban J connectivity index is 1.82. The van der Waals surface area contributed by atoms with Gasteiger partial charge in [0.15, 0.2) is 11.9 Å². The van der Waals surface area contributed by atoms with Crippen molar-refractivity contribution in [1.29, 1.82) is 0 Å². The number of aryl methyl sites for hydroxylation is 2. The first kappa shape index (κ1) is 19.9. The van der Waals surface area contributed by atoms with Crippen LogP contribution in [0.5, 0.6) is 5.75 Å².